The van der Waals surface area contributed by atoms with E-state index in [2.05, 4.69) is 16.7 Å². The number of hydrogen-bond donors (Lipinski definition) is 13. The second-order valence-corrected chi connectivity index (χ2v) is 31.9. The maximum atomic E-state index is 16.6. The highest BCUT2D eigenvalue weighted by molar-refractivity contribution is 6.13. The third kappa shape index (κ3) is 7.19. The van der Waals surface area contributed by atoms with Crippen molar-refractivity contribution in [2.45, 2.75) is 110 Å². The smallest absolute Gasteiger partial charge is 0.320 e. The zero-order valence-corrected chi connectivity index (χ0v) is 56.2. The predicted molar refractivity (Wildman–Crippen MR) is 368 cm³/mol. The number of carbonyl (C=O) groups excluding carboxylic acids is 2. The van der Waals surface area contributed by atoms with E-state index >= 15 is 19.8 Å². The summed E-state index contributed by atoms with van der Waals surface area (Å²) >= 11 is 0. The van der Waals surface area contributed by atoms with E-state index in [0.717, 1.165) is 32.1 Å². The van der Waals surface area contributed by atoms with Crippen LogP contribution in [-0.2, 0) is 66.3 Å². The van der Waals surface area contributed by atoms with E-state index in [1.165, 1.54) is 0 Å². The fourth-order valence-electron chi connectivity index (χ4n) is 24.1. The van der Waals surface area contributed by atoms with Gasteiger partial charge >= 0.3 is 41.8 Å². The molecule has 21 rings (SSSR count). The zero-order valence-electron chi connectivity index (χ0n) is 56.2. The number of ether oxygens (including phenoxy) is 1. The molecule has 25 nitrogen and oxygen atoms in total. The molecule has 16 atom stereocenters. The number of hydrogen-bond acceptors (Lipinski definition) is 16. The van der Waals surface area contributed by atoms with Crippen molar-refractivity contribution in [1.82, 2.24) is 20.4 Å². The van der Waals surface area contributed by atoms with E-state index in [9.17, 15) is 79.5 Å². The molecule has 2 aromatic carbocycles. The minimum Gasteiger partial charge on any atom is -0.481 e. The second kappa shape index (κ2) is 20.3. The molecule has 1 aliphatic heterocycles. The molecule has 1 spiro atoms. The van der Waals surface area contributed by atoms with Gasteiger partial charge in [0.1, 0.15) is 40.6 Å². The zero-order chi connectivity index (χ0) is 73.3. The maximum absolute atomic E-state index is 16.6. The number of carboxylic acid groups (broad SMARTS) is 7. The predicted octanol–water partition coefficient (Wildman–Crippen LogP) is 1.99. The van der Waals surface area contributed by atoms with Gasteiger partial charge in [0.05, 0.1) is 49.0 Å². The summed E-state index contributed by atoms with van der Waals surface area (Å²) in [5.74, 6) is -16.5. The van der Waals surface area contributed by atoms with Crippen LogP contribution in [0.1, 0.15) is 94.9 Å². The van der Waals surface area contributed by atoms with Crippen LogP contribution in [0.4, 0.5) is 0 Å². The summed E-state index contributed by atoms with van der Waals surface area (Å²) in [6.07, 6.45) is 22.0. The molecule has 536 valence electrons. The summed E-state index contributed by atoms with van der Waals surface area (Å²) in [7, 11) is 0. The van der Waals surface area contributed by atoms with Crippen molar-refractivity contribution in [3.63, 3.8) is 0 Å². The van der Waals surface area contributed by atoms with E-state index in [1.54, 1.807) is 12.2 Å². The van der Waals surface area contributed by atoms with Crippen molar-refractivity contribution < 1.29 is 104 Å². The van der Waals surface area contributed by atoms with Crippen molar-refractivity contribution in [3.05, 3.63) is 212 Å². The average molecular weight is 1430 g/mol. The van der Waals surface area contributed by atoms with Crippen LogP contribution in [-0.4, -0.2) is 200 Å². The van der Waals surface area contributed by atoms with Gasteiger partial charge in [0.15, 0.2) is 0 Å². The number of nitrogens with one attached hydrogen (secondary N) is 2. The Labute approximate surface area is 599 Å². The Balaban J connectivity index is 0.797. The third-order valence-electron chi connectivity index (χ3n) is 27.2. The van der Waals surface area contributed by atoms with Crippen molar-refractivity contribution in [2.24, 2.45) is 34.5 Å². The summed E-state index contributed by atoms with van der Waals surface area (Å²) in [5.41, 5.74) is 4.72. The van der Waals surface area contributed by atoms with Gasteiger partial charge in [-0.05, 0) is 196 Å². The number of amides is 2. The van der Waals surface area contributed by atoms with E-state index in [4.69, 9.17) is 4.74 Å². The topological polar surface area (TPSA) is 419 Å². The lowest BCUT2D eigenvalue weighted by Gasteiger charge is -2.67. The van der Waals surface area contributed by atoms with Crippen molar-refractivity contribution in [3.8, 4) is 0 Å². The van der Waals surface area contributed by atoms with Gasteiger partial charge in [-0.25, -0.2) is 0 Å². The van der Waals surface area contributed by atoms with Crippen LogP contribution in [0, 0.1) is 34.5 Å². The molecule has 18 aliphatic carbocycles. The van der Waals surface area contributed by atoms with Crippen LogP contribution in [0.5, 0.6) is 0 Å². The first-order valence-corrected chi connectivity index (χ1v) is 36.0. The summed E-state index contributed by atoms with van der Waals surface area (Å²) in [5, 5.41) is 137. The number of aliphatic carboxylic acids is 7. The second-order valence-electron chi connectivity index (χ2n) is 31.9. The van der Waals surface area contributed by atoms with Crippen LogP contribution in [0.25, 0.3) is 28.9 Å². The molecule has 1 heterocycles. The quantitative estimate of drug-likeness (QED) is 0.0499. The van der Waals surface area contributed by atoms with Gasteiger partial charge in [-0.15, -0.1) is 0 Å². The highest BCUT2D eigenvalue weighted by atomic mass is 16.6. The Kier molecular flexibility index (Phi) is 12.3. The van der Waals surface area contributed by atoms with Crippen LogP contribution >= 0.6 is 0 Å². The van der Waals surface area contributed by atoms with Gasteiger partial charge in [0, 0.05) is 60.2 Å². The van der Waals surface area contributed by atoms with E-state index in [1.807, 2.05) is 72.9 Å². The first-order chi connectivity index (χ1) is 50.7. The number of aliphatic hydroxyl groups is 4. The summed E-state index contributed by atoms with van der Waals surface area (Å²) < 4.78 is 7.28. The molecule has 16 unspecified atom stereocenters. The molecule has 0 aromatic heterocycles. The summed E-state index contributed by atoms with van der Waals surface area (Å²) in [6, 6.07) is 1.16. The molecule has 0 radical (unpaired) electrons. The van der Waals surface area contributed by atoms with Gasteiger partial charge in [0.2, 0.25) is 11.8 Å². The van der Waals surface area contributed by atoms with E-state index in [-0.39, 0.29) is 63.6 Å². The molecule has 13 N–H and O–H groups in total. The number of benzene rings is 2. The van der Waals surface area contributed by atoms with Crippen LogP contribution < -0.4 is 21.1 Å². The van der Waals surface area contributed by atoms with Crippen molar-refractivity contribution in [1.29, 1.82) is 0 Å². The first kappa shape index (κ1) is 63.9. The molecule has 2 aromatic rings. The van der Waals surface area contributed by atoms with Crippen LogP contribution in [0.15, 0.2) is 157 Å². The van der Waals surface area contributed by atoms with Crippen LogP contribution in [0.2, 0.25) is 0 Å². The lowest BCUT2D eigenvalue weighted by molar-refractivity contribution is -0.152. The molecule has 1 saturated carbocycles. The molecular weight excluding hydrogens is 1360 g/mol. The minimum absolute atomic E-state index is 0.00167. The number of carbonyl (C=O) groups is 9. The van der Waals surface area contributed by atoms with Gasteiger partial charge in [-0.3, -0.25) is 53.0 Å². The van der Waals surface area contributed by atoms with Crippen molar-refractivity contribution >= 4 is 82.5 Å². The highest BCUT2D eigenvalue weighted by Crippen LogP contribution is 2.84. The summed E-state index contributed by atoms with van der Waals surface area (Å²) in [6.45, 7) is -3.40. The van der Waals surface area contributed by atoms with Crippen molar-refractivity contribution in [2.75, 3.05) is 39.3 Å². The van der Waals surface area contributed by atoms with E-state index < -0.39 is 173 Å². The number of epoxide rings is 1. The number of allylic oxidation sites excluding steroid dienone is 9. The molecule has 2 amide bonds. The third-order valence-corrected chi connectivity index (χ3v) is 27.2. The molecule has 25 heteroatoms. The normalized spacial score (nSPS) is 34.3. The lowest BCUT2D eigenvalue weighted by Crippen LogP contribution is -2.66. The Morgan fingerprint density at radius 2 is 1.25 bits per heavy atom. The fraction of sp³-hybridized carbons (Fsp3) is 0.370. The minimum atomic E-state index is -2.15. The highest BCUT2D eigenvalue weighted by Gasteiger charge is 2.84. The first-order valence-electron chi connectivity index (χ1n) is 36.0. The maximum Gasteiger partial charge on any atom is 0.320 e. The van der Waals surface area contributed by atoms with Gasteiger partial charge in [0.25, 0.3) is 0 Å². The standard InChI is InChI=1S/C81H66N4O21/c86-43-22-39-53-56-54-38(70(39)95)21-37-52(73(100)101)40-8-6-13-78-25-35-17-30-11-14-77(75(103)83-16-4-2-10-42(72(98)99)85(28-46(91)92)29-47(93)94)24-34-19-33-23-76(74(102)82-15-3-1-9-41(71(96)97)84(26-44(87)88)27-45(89)90)12-5-7-31-18-32-20-36(43)63(53)79(104)62(32)58(61(31)76)48(33)57-49(34)59-64(77)50(30)65-51(35)69(81(40,78)106-78)55(37)66(54)80(65,105)68(59)60(56)67(57)79/h5-8,11-14,17-22,24,37,41-43,52,62,64,68-70,86,95,104-105H,1-4,9-10,15-16,23,25-29H2,(H,82,102)(H,83,103)(H,87,88)(H,89,90)(H,91,92)(H,93,94)(H,96,97)(H,98,99)(H,100,101). The molecule has 0 bridgehead atoms. The molecule has 19 aliphatic rings. The Morgan fingerprint density at radius 1 is 0.594 bits per heavy atom. The Bertz CT molecular complexity index is 5550. The average Bonchev–Trinajstić information content (AvgIpc) is 1.00. The Morgan fingerprint density at radius 3 is 1.92 bits per heavy atom. The molecule has 1 saturated heterocycles. The Hall–Kier alpha value is -10.5. The molecule has 2 fully saturated rings. The monoisotopic (exact) mass is 1430 g/mol. The largest absolute Gasteiger partial charge is 0.481 e. The summed E-state index contributed by atoms with van der Waals surface area (Å²) in [4.78, 5) is 122. The SMILES string of the molecule is O=C(O)CN(CC(=O)O)C(CCCCNC(=O)C12C=CC=C3C=C4C=C5C6=C7C(=CC5O)C(O)C5=CC8C9=C%10C5=C7C5=C7c%11c(c(cc%12c%11=C%11C%13c%14c(cc%15c(c%14C%10(O)C5%11)C9C59OC5(C=CC=C9C8C(=O)O)C%15)C=CC%13(C(=O)NCCCCC(C(=O)O)N(CC(=O)O)CC(=O)O)C=%12)C1)C(=C32)C4C67O)C(=O)O. The molecule has 106 heavy (non-hydrogen) atoms. The fourth-order valence-corrected chi connectivity index (χ4v) is 24.1. The van der Waals surface area contributed by atoms with Gasteiger partial charge in [-0.1, -0.05) is 79.0 Å². The van der Waals surface area contributed by atoms with E-state index in [0.29, 0.717) is 128 Å². The number of rotatable bonds is 25. The van der Waals surface area contributed by atoms with Gasteiger partial charge < -0.3 is 71.5 Å². The number of aliphatic hydroxyl groups excluding tert-OH is 2. The number of carboxylic acids is 7. The number of unbranched alkanes of at least 4 members (excludes halogenated alkanes) is 2. The molecular formula is C81H66N4O21. The van der Waals surface area contributed by atoms with Crippen LogP contribution in [0.3, 0.4) is 0 Å². The lowest BCUT2D eigenvalue weighted by atomic mass is 9.36. The van der Waals surface area contributed by atoms with Gasteiger partial charge in [-0.2, -0.15) is 0 Å². The number of nitrogens with zero attached hydrogens (tertiary/aromatic N) is 2.